The zero-order valence-corrected chi connectivity index (χ0v) is 16.9. The maximum atomic E-state index is 13.0. The van der Waals surface area contributed by atoms with Crippen molar-refractivity contribution in [1.29, 1.82) is 0 Å². The van der Waals surface area contributed by atoms with Crippen LogP contribution in [-0.4, -0.2) is 37.6 Å². The second-order valence-corrected chi connectivity index (χ2v) is 8.72. The zero-order chi connectivity index (χ0) is 21.1. The third-order valence-electron chi connectivity index (χ3n) is 4.03. The zero-order valence-electron chi connectivity index (χ0n) is 15.3. The van der Waals surface area contributed by atoms with E-state index in [2.05, 4.69) is 30.2 Å². The van der Waals surface area contributed by atoms with Crippen LogP contribution in [0.1, 0.15) is 5.56 Å². The molecule has 1 atom stereocenters. The Hall–Kier alpha value is -3.09. The average molecular weight is 443 g/mol. The van der Waals surface area contributed by atoms with Gasteiger partial charge in [0.25, 0.3) is 5.96 Å². The summed E-state index contributed by atoms with van der Waals surface area (Å²) in [5.41, 5.74) is 1.37. The molecule has 12 heteroatoms. The molecule has 0 spiro atoms. The Kier molecular flexibility index (Phi) is 5.61. The Morgan fingerprint density at radius 2 is 1.80 bits per heavy atom. The fourth-order valence-electron chi connectivity index (χ4n) is 2.55. The van der Waals surface area contributed by atoms with Gasteiger partial charge in [-0.2, -0.15) is 4.99 Å². The van der Waals surface area contributed by atoms with Gasteiger partial charge in [0.2, 0.25) is 10.0 Å². The van der Waals surface area contributed by atoms with Crippen molar-refractivity contribution < 1.29 is 12.8 Å². The SMILES string of the molecule is NS(=O)(=O)c1ccc(N=NC2=NC3C(=N2)N=CN=C3SCc2ccc(F)cc2)cc1. The summed E-state index contributed by atoms with van der Waals surface area (Å²) in [6.45, 7) is 0. The lowest BCUT2D eigenvalue weighted by molar-refractivity contribution is 0.598. The Labute approximate surface area is 175 Å². The van der Waals surface area contributed by atoms with Gasteiger partial charge in [0.15, 0.2) is 11.9 Å². The molecular weight excluding hydrogens is 429 g/mol. The predicted molar refractivity (Wildman–Crippen MR) is 115 cm³/mol. The normalized spacial score (nSPS) is 18.2. The number of benzene rings is 2. The lowest BCUT2D eigenvalue weighted by Gasteiger charge is -2.13. The van der Waals surface area contributed by atoms with E-state index >= 15 is 0 Å². The van der Waals surface area contributed by atoms with E-state index in [0.717, 1.165) is 5.56 Å². The highest BCUT2D eigenvalue weighted by molar-refractivity contribution is 8.13. The Morgan fingerprint density at radius 3 is 2.50 bits per heavy atom. The van der Waals surface area contributed by atoms with Crippen LogP contribution in [0.15, 0.2) is 83.6 Å². The first-order valence-corrected chi connectivity index (χ1v) is 11.1. The minimum atomic E-state index is -3.77. The largest absolute Gasteiger partial charge is 0.267 e. The summed E-state index contributed by atoms with van der Waals surface area (Å²) in [5, 5.41) is 13.8. The number of azo groups is 1. The van der Waals surface area contributed by atoms with Gasteiger partial charge in [-0.15, -0.1) is 22.0 Å². The molecule has 9 nitrogen and oxygen atoms in total. The molecule has 2 aromatic rings. The summed E-state index contributed by atoms with van der Waals surface area (Å²) in [6, 6.07) is 11.4. The molecule has 0 aliphatic carbocycles. The molecule has 2 heterocycles. The van der Waals surface area contributed by atoms with Gasteiger partial charge in [0, 0.05) is 5.75 Å². The standard InChI is InChI=1S/C18H14FN7O2S2/c19-12-3-1-11(2-4-12)9-29-17-15-16(21-10-22-17)24-18(23-15)26-25-13-5-7-14(8-6-13)30(20,27)28/h1-8,10,15H,9H2,(H2,20,27,28). The average Bonchev–Trinajstić information content (AvgIpc) is 3.15. The number of hydrogen-bond acceptors (Lipinski definition) is 9. The minimum absolute atomic E-state index is 0.0145. The van der Waals surface area contributed by atoms with Gasteiger partial charge < -0.3 is 0 Å². The summed E-state index contributed by atoms with van der Waals surface area (Å²) in [5.74, 6) is 0.916. The number of hydrogen-bond donors (Lipinski definition) is 1. The van der Waals surface area contributed by atoms with E-state index in [4.69, 9.17) is 5.14 Å². The van der Waals surface area contributed by atoms with E-state index in [0.29, 0.717) is 22.3 Å². The van der Waals surface area contributed by atoms with Gasteiger partial charge in [-0.3, -0.25) is 0 Å². The summed E-state index contributed by atoms with van der Waals surface area (Å²) in [6.07, 6.45) is 1.41. The number of primary sulfonamides is 1. The Balaban J connectivity index is 1.44. The van der Waals surface area contributed by atoms with Crippen LogP contribution in [0, 0.1) is 5.82 Å². The molecule has 4 rings (SSSR count). The van der Waals surface area contributed by atoms with Crippen LogP contribution in [-0.2, 0) is 15.8 Å². The van der Waals surface area contributed by atoms with Gasteiger partial charge in [-0.1, -0.05) is 12.1 Å². The molecule has 0 aromatic heterocycles. The lowest BCUT2D eigenvalue weighted by atomic mass is 10.2. The monoisotopic (exact) mass is 443 g/mol. The maximum Gasteiger partial charge on any atom is 0.267 e. The van der Waals surface area contributed by atoms with E-state index in [1.54, 1.807) is 12.1 Å². The second-order valence-electron chi connectivity index (χ2n) is 6.17. The molecule has 2 aromatic carbocycles. The van der Waals surface area contributed by atoms with Crippen molar-refractivity contribution in [3.8, 4) is 0 Å². The van der Waals surface area contributed by atoms with Gasteiger partial charge >= 0.3 is 0 Å². The van der Waals surface area contributed by atoms with Gasteiger partial charge in [-0.25, -0.2) is 32.9 Å². The quantitative estimate of drug-likeness (QED) is 0.728. The molecule has 152 valence electrons. The van der Waals surface area contributed by atoms with Crippen LogP contribution in [0.4, 0.5) is 10.1 Å². The van der Waals surface area contributed by atoms with E-state index in [-0.39, 0.29) is 16.7 Å². The van der Waals surface area contributed by atoms with Crippen LogP contribution < -0.4 is 5.14 Å². The highest BCUT2D eigenvalue weighted by Crippen LogP contribution is 2.24. The van der Waals surface area contributed by atoms with Crippen LogP contribution in [0.2, 0.25) is 0 Å². The number of nitrogens with two attached hydrogens (primary N) is 1. The third kappa shape index (κ3) is 4.72. The lowest BCUT2D eigenvalue weighted by Crippen LogP contribution is -2.25. The molecule has 30 heavy (non-hydrogen) atoms. The first kappa shape index (κ1) is 20.2. The topological polar surface area (TPSA) is 134 Å². The molecule has 0 amide bonds. The summed E-state index contributed by atoms with van der Waals surface area (Å²) in [4.78, 5) is 17.0. The molecular formula is C18H14FN7O2S2. The van der Waals surface area contributed by atoms with Gasteiger partial charge in [-0.05, 0) is 42.0 Å². The van der Waals surface area contributed by atoms with E-state index < -0.39 is 16.1 Å². The van der Waals surface area contributed by atoms with Gasteiger partial charge in [0.1, 0.15) is 17.2 Å². The van der Waals surface area contributed by atoms with Crippen LogP contribution in [0.3, 0.4) is 0 Å². The van der Waals surface area contributed by atoms with Crippen LogP contribution in [0.5, 0.6) is 0 Å². The van der Waals surface area contributed by atoms with Crippen molar-refractivity contribution >= 4 is 50.6 Å². The Bertz CT molecular complexity index is 1220. The predicted octanol–water partition coefficient (Wildman–Crippen LogP) is 3.07. The van der Waals surface area contributed by atoms with Crippen LogP contribution >= 0.6 is 11.8 Å². The van der Waals surface area contributed by atoms with Crippen molar-refractivity contribution in [2.75, 3.05) is 0 Å². The highest BCUT2D eigenvalue weighted by Gasteiger charge is 2.30. The number of guanidine groups is 1. The van der Waals surface area contributed by atoms with Crippen molar-refractivity contribution in [3.05, 3.63) is 59.9 Å². The molecule has 0 saturated carbocycles. The van der Waals surface area contributed by atoms with E-state index in [9.17, 15) is 12.8 Å². The number of halogens is 1. The van der Waals surface area contributed by atoms with Gasteiger partial charge in [0.05, 0.1) is 10.6 Å². The molecule has 2 aliphatic rings. The maximum absolute atomic E-state index is 13.0. The minimum Gasteiger partial charge on any atom is -0.232 e. The van der Waals surface area contributed by atoms with Crippen LogP contribution in [0.25, 0.3) is 0 Å². The molecule has 2 N–H and O–H groups in total. The molecule has 0 saturated heterocycles. The van der Waals surface area contributed by atoms with E-state index in [1.807, 2.05) is 0 Å². The molecule has 2 aliphatic heterocycles. The van der Waals surface area contributed by atoms with E-state index in [1.165, 1.54) is 54.5 Å². The summed E-state index contributed by atoms with van der Waals surface area (Å²) >= 11 is 1.46. The number of nitrogens with zero attached hydrogens (tertiary/aromatic N) is 6. The summed E-state index contributed by atoms with van der Waals surface area (Å²) in [7, 11) is -3.77. The van der Waals surface area contributed by atoms with Crippen molar-refractivity contribution in [1.82, 2.24) is 0 Å². The highest BCUT2D eigenvalue weighted by atomic mass is 32.2. The first-order valence-electron chi connectivity index (χ1n) is 8.57. The molecule has 0 radical (unpaired) electrons. The number of fused-ring (bicyclic) bond motifs is 1. The number of amidine groups is 1. The molecule has 0 bridgehead atoms. The first-order chi connectivity index (χ1) is 14.4. The number of aliphatic imine (C=N–C) groups is 4. The Morgan fingerprint density at radius 1 is 1.07 bits per heavy atom. The fraction of sp³-hybridized carbons (Fsp3) is 0.111. The number of sulfonamides is 1. The summed E-state index contributed by atoms with van der Waals surface area (Å²) < 4.78 is 35.6. The fourth-order valence-corrected chi connectivity index (χ4v) is 4.01. The smallest absolute Gasteiger partial charge is 0.232 e. The third-order valence-corrected chi connectivity index (χ3v) is 6.06. The van der Waals surface area contributed by atoms with Crippen molar-refractivity contribution in [3.63, 3.8) is 0 Å². The second kappa shape index (κ2) is 8.34. The molecule has 1 unspecified atom stereocenters. The number of rotatable bonds is 4. The van der Waals surface area contributed by atoms with Crippen molar-refractivity contribution in [2.45, 2.75) is 16.7 Å². The molecule has 0 fully saturated rings. The number of thioether (sulfide) groups is 1. The van der Waals surface area contributed by atoms with Crippen molar-refractivity contribution in [2.24, 2.45) is 35.3 Å².